The molecule has 106 valence electrons. The van der Waals surface area contributed by atoms with Crippen molar-refractivity contribution in [1.82, 2.24) is 10.2 Å². The van der Waals surface area contributed by atoms with Gasteiger partial charge in [-0.1, -0.05) is 33.6 Å². The highest BCUT2D eigenvalue weighted by molar-refractivity contribution is 6.00. The number of nitrogens with zero attached hydrogens (tertiary/aromatic N) is 1. The first kappa shape index (κ1) is 15.6. The van der Waals surface area contributed by atoms with Gasteiger partial charge in [0.1, 0.15) is 11.6 Å². The van der Waals surface area contributed by atoms with Crippen LogP contribution in [0.1, 0.15) is 53.4 Å². The number of carbonyl (C=O) groups is 2. The topological polar surface area (TPSA) is 49.4 Å². The van der Waals surface area contributed by atoms with E-state index in [4.69, 9.17) is 6.42 Å². The summed E-state index contributed by atoms with van der Waals surface area (Å²) >= 11 is 0. The molecule has 0 radical (unpaired) electrons. The van der Waals surface area contributed by atoms with Crippen molar-refractivity contribution < 1.29 is 9.59 Å². The van der Waals surface area contributed by atoms with Crippen LogP contribution in [-0.4, -0.2) is 34.3 Å². The average molecular weight is 264 g/mol. The first-order valence-electron chi connectivity index (χ1n) is 7.12. The van der Waals surface area contributed by atoms with Gasteiger partial charge in [-0.3, -0.25) is 9.59 Å². The van der Waals surface area contributed by atoms with E-state index in [1.165, 1.54) is 0 Å². The number of terminal acetylenes is 1. The number of hydrogen-bond acceptors (Lipinski definition) is 2. The van der Waals surface area contributed by atoms with Gasteiger partial charge in [0.2, 0.25) is 11.8 Å². The van der Waals surface area contributed by atoms with E-state index in [1.54, 1.807) is 4.90 Å². The molecule has 2 amide bonds. The summed E-state index contributed by atoms with van der Waals surface area (Å²) in [5.74, 6) is 2.53. The predicted octanol–water partition coefficient (Wildman–Crippen LogP) is 1.69. The van der Waals surface area contributed by atoms with Crippen LogP contribution in [0.5, 0.6) is 0 Å². The van der Waals surface area contributed by atoms with Crippen LogP contribution in [0.2, 0.25) is 0 Å². The molecule has 0 aromatic heterocycles. The zero-order valence-corrected chi connectivity index (χ0v) is 12.3. The lowest BCUT2D eigenvalue weighted by molar-refractivity contribution is -0.157. The fourth-order valence-electron chi connectivity index (χ4n) is 2.75. The highest BCUT2D eigenvalue weighted by Gasteiger charge is 2.49. The molecule has 19 heavy (non-hydrogen) atoms. The molecule has 2 unspecified atom stereocenters. The number of nitrogens with one attached hydrogen (secondary N) is 1. The van der Waals surface area contributed by atoms with Crippen molar-refractivity contribution in [3.63, 3.8) is 0 Å². The first-order valence-corrected chi connectivity index (χ1v) is 7.12. The monoisotopic (exact) mass is 264 g/mol. The largest absolute Gasteiger partial charge is 0.340 e. The van der Waals surface area contributed by atoms with E-state index < -0.39 is 11.6 Å². The average Bonchev–Trinajstić information content (AvgIpc) is 2.43. The van der Waals surface area contributed by atoms with Crippen molar-refractivity contribution >= 4 is 11.8 Å². The molecule has 0 bridgehead atoms. The lowest BCUT2D eigenvalue weighted by Gasteiger charge is -2.47. The number of amides is 2. The van der Waals surface area contributed by atoms with E-state index >= 15 is 0 Å². The van der Waals surface area contributed by atoms with Crippen molar-refractivity contribution in [2.24, 2.45) is 0 Å². The van der Waals surface area contributed by atoms with E-state index in [9.17, 15) is 9.59 Å². The van der Waals surface area contributed by atoms with E-state index in [0.717, 1.165) is 0 Å². The van der Waals surface area contributed by atoms with Crippen LogP contribution in [0.15, 0.2) is 0 Å². The SMILES string of the molecule is C#CC(CC)N1C(=O)C(CC)(CC)NC(=O)C1CC. The molecular weight excluding hydrogens is 240 g/mol. The van der Waals surface area contributed by atoms with Gasteiger partial charge in [-0.15, -0.1) is 6.42 Å². The molecule has 1 heterocycles. The molecule has 1 aliphatic rings. The van der Waals surface area contributed by atoms with Gasteiger partial charge in [-0.25, -0.2) is 0 Å². The molecule has 4 heteroatoms. The Labute approximate surface area is 115 Å². The Morgan fingerprint density at radius 3 is 2.26 bits per heavy atom. The summed E-state index contributed by atoms with van der Waals surface area (Å²) < 4.78 is 0. The maximum Gasteiger partial charge on any atom is 0.249 e. The second-order valence-electron chi connectivity index (χ2n) is 5.01. The highest BCUT2D eigenvalue weighted by Crippen LogP contribution is 2.28. The minimum atomic E-state index is -0.785. The van der Waals surface area contributed by atoms with Crippen molar-refractivity contribution in [3.8, 4) is 12.3 Å². The number of carbonyl (C=O) groups excluding carboxylic acids is 2. The van der Waals surface area contributed by atoms with E-state index in [0.29, 0.717) is 25.7 Å². The molecule has 1 fully saturated rings. The molecular formula is C15H24N2O2. The number of rotatable bonds is 5. The lowest BCUT2D eigenvalue weighted by atomic mass is 9.85. The van der Waals surface area contributed by atoms with Crippen LogP contribution in [0, 0.1) is 12.3 Å². The molecule has 4 nitrogen and oxygen atoms in total. The van der Waals surface area contributed by atoms with Gasteiger partial charge in [0.15, 0.2) is 0 Å². The van der Waals surface area contributed by atoms with Crippen LogP contribution in [-0.2, 0) is 9.59 Å². The van der Waals surface area contributed by atoms with Crippen molar-refractivity contribution in [2.45, 2.75) is 71.0 Å². The molecule has 1 saturated heterocycles. The van der Waals surface area contributed by atoms with E-state index in [2.05, 4.69) is 11.2 Å². The molecule has 0 saturated carbocycles. The van der Waals surface area contributed by atoms with Gasteiger partial charge in [-0.05, 0) is 25.7 Å². The summed E-state index contributed by atoms with van der Waals surface area (Å²) in [6.45, 7) is 7.68. The Balaban J connectivity index is 3.24. The highest BCUT2D eigenvalue weighted by atomic mass is 16.2. The third-order valence-corrected chi connectivity index (χ3v) is 4.15. The fraction of sp³-hybridized carbons (Fsp3) is 0.733. The van der Waals surface area contributed by atoms with E-state index in [-0.39, 0.29) is 17.9 Å². The Hall–Kier alpha value is -1.50. The summed E-state index contributed by atoms with van der Waals surface area (Å²) in [6.07, 6.45) is 7.95. The van der Waals surface area contributed by atoms with Gasteiger partial charge >= 0.3 is 0 Å². The fourth-order valence-corrected chi connectivity index (χ4v) is 2.75. The van der Waals surface area contributed by atoms with Gasteiger partial charge in [0, 0.05) is 0 Å². The number of hydrogen-bond donors (Lipinski definition) is 1. The van der Waals surface area contributed by atoms with Crippen molar-refractivity contribution in [2.75, 3.05) is 0 Å². The molecule has 0 aliphatic carbocycles. The minimum Gasteiger partial charge on any atom is -0.340 e. The molecule has 1 N–H and O–H groups in total. The Kier molecular flexibility index (Phi) is 4.99. The maximum absolute atomic E-state index is 12.8. The summed E-state index contributed by atoms with van der Waals surface area (Å²) in [4.78, 5) is 26.7. The van der Waals surface area contributed by atoms with Gasteiger partial charge in [0.05, 0.1) is 6.04 Å². The predicted molar refractivity (Wildman–Crippen MR) is 75.3 cm³/mol. The Morgan fingerprint density at radius 1 is 1.32 bits per heavy atom. The normalized spacial score (nSPS) is 23.7. The first-order chi connectivity index (χ1) is 9.01. The lowest BCUT2D eigenvalue weighted by Crippen LogP contribution is -2.71. The zero-order chi connectivity index (χ0) is 14.6. The zero-order valence-electron chi connectivity index (χ0n) is 12.3. The molecule has 1 aliphatic heterocycles. The Morgan fingerprint density at radius 2 is 1.89 bits per heavy atom. The molecule has 0 aromatic rings. The minimum absolute atomic E-state index is 0.0336. The third-order valence-electron chi connectivity index (χ3n) is 4.15. The van der Waals surface area contributed by atoms with Gasteiger partial charge < -0.3 is 10.2 Å². The molecule has 0 aromatic carbocycles. The second-order valence-corrected chi connectivity index (χ2v) is 5.01. The van der Waals surface area contributed by atoms with Crippen LogP contribution < -0.4 is 5.32 Å². The summed E-state index contributed by atoms with van der Waals surface area (Å²) in [7, 11) is 0. The van der Waals surface area contributed by atoms with Crippen LogP contribution in [0.25, 0.3) is 0 Å². The Bertz CT molecular complexity index is 393. The molecule has 2 atom stereocenters. The number of piperazine rings is 1. The van der Waals surface area contributed by atoms with Crippen LogP contribution >= 0.6 is 0 Å². The summed E-state index contributed by atoms with van der Waals surface area (Å²) in [5, 5.41) is 2.91. The van der Waals surface area contributed by atoms with Crippen LogP contribution in [0.3, 0.4) is 0 Å². The van der Waals surface area contributed by atoms with Gasteiger partial charge in [-0.2, -0.15) is 0 Å². The molecule has 1 rings (SSSR count). The molecule has 0 spiro atoms. The summed E-state index contributed by atoms with van der Waals surface area (Å²) in [6, 6.07) is -0.749. The standard InChI is InChI=1S/C15H24N2O2/c1-6-11(7-2)17-12(8-3)13(18)16-15(9-4,10-5)14(17)19/h1,11-12H,7-10H2,2-5H3,(H,16,18). The van der Waals surface area contributed by atoms with Crippen molar-refractivity contribution in [1.29, 1.82) is 0 Å². The third kappa shape index (κ3) is 2.47. The van der Waals surface area contributed by atoms with Crippen LogP contribution in [0.4, 0.5) is 0 Å². The van der Waals surface area contributed by atoms with E-state index in [1.807, 2.05) is 27.7 Å². The maximum atomic E-state index is 12.8. The second kappa shape index (κ2) is 6.10. The van der Waals surface area contributed by atoms with Crippen molar-refractivity contribution in [3.05, 3.63) is 0 Å². The quantitative estimate of drug-likeness (QED) is 0.768. The summed E-state index contributed by atoms with van der Waals surface area (Å²) in [5.41, 5.74) is -0.785. The van der Waals surface area contributed by atoms with Gasteiger partial charge in [0.25, 0.3) is 0 Å². The smallest absolute Gasteiger partial charge is 0.249 e.